The molecule has 26 heavy (non-hydrogen) atoms. The van der Waals surface area contributed by atoms with E-state index in [1.165, 1.54) is 12.2 Å². The van der Waals surface area contributed by atoms with Crippen LogP contribution in [0.15, 0.2) is 29.6 Å². The number of benzene rings is 1. The molecular weight excluding hydrogens is 370 g/mol. The number of halogens is 1. The van der Waals surface area contributed by atoms with Crippen LogP contribution in [-0.2, 0) is 4.84 Å². The Balaban J connectivity index is 1.62. The lowest BCUT2D eigenvalue weighted by molar-refractivity contribution is -0.0756. The van der Waals surface area contributed by atoms with Crippen LogP contribution >= 0.6 is 22.9 Å². The molecule has 7 heteroatoms. The summed E-state index contributed by atoms with van der Waals surface area (Å²) in [6.07, 6.45) is 1.01. The Bertz CT molecular complexity index is 1000. The van der Waals surface area contributed by atoms with Gasteiger partial charge >= 0.3 is 0 Å². The third-order valence-electron chi connectivity index (χ3n) is 4.81. The van der Waals surface area contributed by atoms with Crippen molar-refractivity contribution in [3.63, 3.8) is 0 Å². The molecule has 1 aromatic carbocycles. The lowest BCUT2D eigenvalue weighted by Crippen LogP contribution is -2.25. The van der Waals surface area contributed by atoms with E-state index in [4.69, 9.17) is 21.4 Å². The van der Waals surface area contributed by atoms with Crippen molar-refractivity contribution >= 4 is 39.1 Å². The first kappa shape index (κ1) is 17.4. The van der Waals surface area contributed by atoms with Crippen molar-refractivity contribution in [3.05, 3.63) is 57.3 Å². The highest BCUT2D eigenvalue weighted by molar-refractivity contribution is 7.16. The Morgan fingerprint density at radius 2 is 2.12 bits per heavy atom. The molecule has 1 aliphatic rings. The van der Waals surface area contributed by atoms with Gasteiger partial charge in [0.25, 0.3) is 5.91 Å². The smallest absolute Gasteiger partial charge is 0.274 e. The maximum absolute atomic E-state index is 12.2. The number of fused-ring (bicyclic) bond motifs is 1. The SMILES string of the molecule is CON(C)C(=O)c1ccc([C@H]2C[C@@H]2c2nc(C)nc3sccc23)c(Cl)c1. The third kappa shape index (κ3) is 2.98. The molecule has 0 unspecified atom stereocenters. The van der Waals surface area contributed by atoms with E-state index in [0.717, 1.165) is 33.7 Å². The normalized spacial score (nSPS) is 18.9. The quantitative estimate of drug-likeness (QED) is 0.616. The van der Waals surface area contributed by atoms with Gasteiger partial charge in [0, 0.05) is 28.9 Å². The van der Waals surface area contributed by atoms with Gasteiger partial charge in [-0.15, -0.1) is 11.3 Å². The summed E-state index contributed by atoms with van der Waals surface area (Å²) in [6, 6.07) is 7.56. The van der Waals surface area contributed by atoms with E-state index >= 15 is 0 Å². The van der Waals surface area contributed by atoms with Crippen molar-refractivity contribution in [2.45, 2.75) is 25.2 Å². The van der Waals surface area contributed by atoms with Crippen LogP contribution in [0, 0.1) is 6.92 Å². The first-order valence-electron chi connectivity index (χ1n) is 8.33. The zero-order valence-corrected chi connectivity index (χ0v) is 16.3. The molecule has 134 valence electrons. The largest absolute Gasteiger partial charge is 0.277 e. The van der Waals surface area contributed by atoms with Gasteiger partial charge in [0.05, 0.1) is 12.8 Å². The van der Waals surface area contributed by atoms with Crippen LogP contribution in [0.3, 0.4) is 0 Å². The maximum atomic E-state index is 12.2. The first-order chi connectivity index (χ1) is 12.5. The summed E-state index contributed by atoms with van der Waals surface area (Å²) in [5, 5.41) is 4.99. The van der Waals surface area contributed by atoms with Gasteiger partial charge in [-0.05, 0) is 48.4 Å². The average Bonchev–Trinajstić information content (AvgIpc) is 3.28. The topological polar surface area (TPSA) is 55.3 Å². The number of hydroxylamine groups is 2. The lowest BCUT2D eigenvalue weighted by Gasteiger charge is -2.14. The van der Waals surface area contributed by atoms with Crippen molar-refractivity contribution in [1.82, 2.24) is 15.0 Å². The molecule has 0 spiro atoms. The second-order valence-electron chi connectivity index (χ2n) is 6.47. The van der Waals surface area contributed by atoms with E-state index in [0.29, 0.717) is 22.4 Å². The minimum absolute atomic E-state index is 0.222. The number of aromatic nitrogens is 2. The molecule has 2 heterocycles. The number of amides is 1. The highest BCUT2D eigenvalue weighted by Gasteiger charge is 2.43. The summed E-state index contributed by atoms with van der Waals surface area (Å²) < 4.78 is 0. The number of hydrogen-bond acceptors (Lipinski definition) is 5. The Kier molecular flexibility index (Phi) is 4.42. The molecule has 0 saturated heterocycles. The summed E-state index contributed by atoms with van der Waals surface area (Å²) in [7, 11) is 3.03. The van der Waals surface area contributed by atoms with Crippen LogP contribution in [0.25, 0.3) is 10.2 Å². The molecule has 0 radical (unpaired) electrons. The summed E-state index contributed by atoms with van der Waals surface area (Å²) in [5.74, 6) is 1.24. The van der Waals surface area contributed by atoms with Crippen molar-refractivity contribution in [2.24, 2.45) is 0 Å². The Morgan fingerprint density at radius 1 is 1.31 bits per heavy atom. The number of thiophene rings is 1. The van der Waals surface area contributed by atoms with Crippen LogP contribution in [-0.4, -0.2) is 35.1 Å². The van der Waals surface area contributed by atoms with Crippen LogP contribution < -0.4 is 0 Å². The van der Waals surface area contributed by atoms with Gasteiger partial charge in [0.2, 0.25) is 0 Å². The van der Waals surface area contributed by atoms with E-state index in [1.54, 1.807) is 30.5 Å². The third-order valence-corrected chi connectivity index (χ3v) is 5.95. The molecule has 4 rings (SSSR count). The van der Waals surface area contributed by atoms with E-state index in [9.17, 15) is 4.79 Å². The molecule has 0 aliphatic heterocycles. The predicted molar refractivity (Wildman–Crippen MR) is 103 cm³/mol. The molecule has 2 aromatic heterocycles. The number of aryl methyl sites for hydroxylation is 1. The molecule has 1 amide bonds. The molecule has 2 atom stereocenters. The van der Waals surface area contributed by atoms with E-state index < -0.39 is 0 Å². The van der Waals surface area contributed by atoms with Gasteiger partial charge < -0.3 is 0 Å². The molecule has 1 fully saturated rings. The van der Waals surface area contributed by atoms with Crippen LogP contribution in [0.4, 0.5) is 0 Å². The van der Waals surface area contributed by atoms with Gasteiger partial charge in [-0.2, -0.15) is 0 Å². The molecule has 0 N–H and O–H groups in total. The maximum Gasteiger partial charge on any atom is 0.277 e. The molecule has 1 aliphatic carbocycles. The fourth-order valence-electron chi connectivity index (χ4n) is 3.34. The zero-order chi connectivity index (χ0) is 18.4. The van der Waals surface area contributed by atoms with Crippen LogP contribution in [0.1, 0.15) is 45.7 Å². The minimum Gasteiger partial charge on any atom is -0.274 e. The van der Waals surface area contributed by atoms with Crippen molar-refractivity contribution in [2.75, 3.05) is 14.2 Å². The zero-order valence-electron chi connectivity index (χ0n) is 14.7. The highest BCUT2D eigenvalue weighted by Crippen LogP contribution is 2.57. The standard InChI is InChI=1S/C19H18ClN3O2S/c1-10-21-17(13-6-7-26-18(13)22-10)15-9-14(15)12-5-4-11(8-16(12)20)19(24)23(2)25-3/h4-8,14-15H,9H2,1-3H3/t14-,15+/m1/s1. The van der Waals surface area contributed by atoms with Crippen molar-refractivity contribution in [1.29, 1.82) is 0 Å². The Morgan fingerprint density at radius 3 is 2.85 bits per heavy atom. The molecule has 5 nitrogen and oxygen atoms in total. The van der Waals surface area contributed by atoms with Gasteiger partial charge in [0.15, 0.2) is 0 Å². The fourth-order valence-corrected chi connectivity index (χ4v) is 4.48. The van der Waals surface area contributed by atoms with Gasteiger partial charge in [0.1, 0.15) is 10.7 Å². The average molecular weight is 388 g/mol. The Labute approximate surface area is 160 Å². The minimum atomic E-state index is -0.222. The molecule has 3 aromatic rings. The number of carbonyl (C=O) groups is 1. The van der Waals surface area contributed by atoms with Crippen LogP contribution in [0.5, 0.6) is 0 Å². The van der Waals surface area contributed by atoms with E-state index in [1.807, 2.05) is 13.0 Å². The summed E-state index contributed by atoms with van der Waals surface area (Å²) in [6.45, 7) is 1.93. The monoisotopic (exact) mass is 387 g/mol. The molecule has 0 bridgehead atoms. The number of hydrogen-bond donors (Lipinski definition) is 0. The van der Waals surface area contributed by atoms with E-state index in [2.05, 4.69) is 16.4 Å². The van der Waals surface area contributed by atoms with Crippen LogP contribution in [0.2, 0.25) is 5.02 Å². The first-order valence-corrected chi connectivity index (χ1v) is 9.58. The predicted octanol–water partition coefficient (Wildman–Crippen LogP) is 4.56. The van der Waals surface area contributed by atoms with Gasteiger partial charge in [-0.25, -0.2) is 15.0 Å². The highest BCUT2D eigenvalue weighted by atomic mass is 35.5. The van der Waals surface area contributed by atoms with Gasteiger partial charge in [-0.3, -0.25) is 9.63 Å². The number of nitrogens with zero attached hydrogens (tertiary/aromatic N) is 3. The summed E-state index contributed by atoms with van der Waals surface area (Å²) in [5.41, 5.74) is 2.68. The number of rotatable bonds is 4. The van der Waals surface area contributed by atoms with Gasteiger partial charge in [-0.1, -0.05) is 17.7 Å². The van der Waals surface area contributed by atoms with E-state index in [-0.39, 0.29) is 5.91 Å². The fraction of sp³-hybridized carbons (Fsp3) is 0.316. The second kappa shape index (κ2) is 6.61. The summed E-state index contributed by atoms with van der Waals surface area (Å²) >= 11 is 8.14. The second-order valence-corrected chi connectivity index (χ2v) is 7.77. The lowest BCUT2D eigenvalue weighted by atomic mass is 10.0. The van der Waals surface area contributed by atoms with Crippen molar-refractivity contribution < 1.29 is 9.63 Å². The number of carbonyl (C=O) groups excluding carboxylic acids is 1. The Hall–Kier alpha value is -2.02. The van der Waals surface area contributed by atoms with Crippen molar-refractivity contribution in [3.8, 4) is 0 Å². The summed E-state index contributed by atoms with van der Waals surface area (Å²) in [4.78, 5) is 27.4. The molecule has 1 saturated carbocycles. The molecular formula is C19H18ClN3O2S.